The number of halogens is 2. The number of hydrogen-bond donors (Lipinski definition) is 2. The van der Waals surface area contributed by atoms with Gasteiger partial charge in [0.05, 0.1) is 0 Å². The molecule has 2 aromatic rings. The summed E-state index contributed by atoms with van der Waals surface area (Å²) in [6.07, 6.45) is 9.21. The van der Waals surface area contributed by atoms with Gasteiger partial charge in [-0.2, -0.15) is 4.98 Å². The van der Waals surface area contributed by atoms with Crippen molar-refractivity contribution in [2.24, 2.45) is 0 Å². The highest BCUT2D eigenvalue weighted by atomic mass is 35.5. The Morgan fingerprint density at radius 3 is 2.62 bits per heavy atom. The number of nitrogens with one attached hydrogen (secondary N) is 2. The van der Waals surface area contributed by atoms with Gasteiger partial charge in [-0.15, -0.1) is 0 Å². The molecule has 1 aromatic carbocycles. The first-order valence-corrected chi connectivity index (χ1v) is 12.4. The van der Waals surface area contributed by atoms with Crippen LogP contribution in [0.3, 0.4) is 0 Å². The molecule has 5 nitrogen and oxygen atoms in total. The van der Waals surface area contributed by atoms with Crippen molar-refractivity contribution in [3.63, 3.8) is 0 Å². The minimum Gasteiger partial charge on any atom is -0.361 e. The second-order valence-corrected chi connectivity index (χ2v) is 9.86. The smallest absolute Gasteiger partial charge is 0.232 e. The lowest BCUT2D eigenvalue weighted by Crippen LogP contribution is -2.43. The molecule has 0 bridgehead atoms. The maximum atomic E-state index is 13.5. The first kappa shape index (κ1) is 23.2. The molecule has 172 valence electrons. The molecule has 32 heavy (non-hydrogen) atoms. The summed E-state index contributed by atoms with van der Waals surface area (Å²) in [6.45, 7) is 3.87. The second kappa shape index (κ2) is 10.3. The SMILES string of the molecule is C[C@@H]1CCCCN1c1cc(Cl)nc(NC(=S)NCC2(c3ccc(F)cc3)CCCCC2)n1. The van der Waals surface area contributed by atoms with Crippen molar-refractivity contribution in [3.8, 4) is 0 Å². The monoisotopic (exact) mass is 475 g/mol. The largest absolute Gasteiger partial charge is 0.361 e. The van der Waals surface area contributed by atoms with E-state index in [2.05, 4.69) is 32.4 Å². The van der Waals surface area contributed by atoms with Crippen LogP contribution in [0.1, 0.15) is 63.9 Å². The van der Waals surface area contributed by atoms with E-state index in [1.54, 1.807) is 12.1 Å². The van der Waals surface area contributed by atoms with E-state index in [4.69, 9.17) is 23.8 Å². The average molecular weight is 476 g/mol. The Bertz CT molecular complexity index is 932. The number of anilines is 2. The third-order valence-electron chi connectivity index (χ3n) is 6.86. The third-order valence-corrected chi connectivity index (χ3v) is 7.30. The van der Waals surface area contributed by atoms with Gasteiger partial charge in [-0.25, -0.2) is 9.37 Å². The van der Waals surface area contributed by atoms with Crippen LogP contribution in [0, 0.1) is 5.82 Å². The molecular weight excluding hydrogens is 445 g/mol. The fourth-order valence-corrected chi connectivity index (χ4v) is 5.38. The molecule has 0 radical (unpaired) electrons. The van der Waals surface area contributed by atoms with Crippen molar-refractivity contribution in [3.05, 3.63) is 46.9 Å². The number of nitrogens with zero attached hydrogens (tertiary/aromatic N) is 3. The van der Waals surface area contributed by atoms with Gasteiger partial charge in [0.25, 0.3) is 0 Å². The van der Waals surface area contributed by atoms with E-state index in [0.717, 1.165) is 56.5 Å². The molecule has 0 spiro atoms. The van der Waals surface area contributed by atoms with E-state index < -0.39 is 0 Å². The van der Waals surface area contributed by atoms with Crippen LogP contribution in [0.15, 0.2) is 30.3 Å². The molecule has 1 aliphatic carbocycles. The summed E-state index contributed by atoms with van der Waals surface area (Å²) in [6, 6.07) is 9.15. The highest BCUT2D eigenvalue weighted by molar-refractivity contribution is 7.80. The maximum Gasteiger partial charge on any atom is 0.232 e. The summed E-state index contributed by atoms with van der Waals surface area (Å²) in [5, 5.41) is 7.36. The number of benzene rings is 1. The van der Waals surface area contributed by atoms with E-state index in [9.17, 15) is 4.39 Å². The predicted molar refractivity (Wildman–Crippen MR) is 133 cm³/mol. The van der Waals surface area contributed by atoms with Gasteiger partial charge in [0.1, 0.15) is 16.8 Å². The minimum absolute atomic E-state index is 0.0543. The van der Waals surface area contributed by atoms with Crippen LogP contribution in [0.25, 0.3) is 0 Å². The zero-order chi connectivity index (χ0) is 22.6. The van der Waals surface area contributed by atoms with Crippen LogP contribution >= 0.6 is 23.8 Å². The first-order chi connectivity index (χ1) is 15.4. The first-order valence-electron chi connectivity index (χ1n) is 11.6. The molecule has 2 heterocycles. The van der Waals surface area contributed by atoms with Crippen LogP contribution in [-0.2, 0) is 5.41 Å². The van der Waals surface area contributed by atoms with Crippen molar-refractivity contribution in [2.45, 2.75) is 69.7 Å². The predicted octanol–water partition coefficient (Wildman–Crippen LogP) is 5.84. The Hall–Kier alpha value is -1.99. The highest BCUT2D eigenvalue weighted by Gasteiger charge is 2.34. The molecule has 1 atom stereocenters. The van der Waals surface area contributed by atoms with Crippen molar-refractivity contribution in [1.82, 2.24) is 15.3 Å². The molecule has 2 aliphatic rings. The molecule has 0 unspecified atom stereocenters. The molecule has 1 aromatic heterocycles. The Kier molecular flexibility index (Phi) is 7.46. The molecule has 1 aliphatic heterocycles. The molecule has 2 fully saturated rings. The van der Waals surface area contributed by atoms with Gasteiger partial charge in [-0.05, 0) is 68.9 Å². The zero-order valence-corrected chi connectivity index (χ0v) is 20.1. The number of rotatable bonds is 5. The fraction of sp³-hybridized carbons (Fsp3) is 0.542. The number of hydrogen-bond acceptors (Lipinski definition) is 4. The molecular formula is C24H31ClFN5S. The van der Waals surface area contributed by atoms with Crippen LogP contribution in [-0.4, -0.2) is 34.2 Å². The van der Waals surface area contributed by atoms with Crippen LogP contribution in [0.2, 0.25) is 5.15 Å². The summed E-state index contributed by atoms with van der Waals surface area (Å²) in [5.74, 6) is 1.03. The van der Waals surface area contributed by atoms with Crippen molar-refractivity contribution >= 4 is 40.7 Å². The zero-order valence-electron chi connectivity index (χ0n) is 18.5. The van der Waals surface area contributed by atoms with Crippen LogP contribution in [0.4, 0.5) is 16.2 Å². The summed E-state index contributed by atoms with van der Waals surface area (Å²) in [7, 11) is 0. The maximum absolute atomic E-state index is 13.5. The summed E-state index contributed by atoms with van der Waals surface area (Å²) in [5.41, 5.74) is 1.11. The van der Waals surface area contributed by atoms with Gasteiger partial charge >= 0.3 is 0 Å². The normalized spacial score (nSPS) is 20.6. The lowest BCUT2D eigenvalue weighted by molar-refractivity contribution is 0.292. The quantitative estimate of drug-likeness (QED) is 0.418. The van der Waals surface area contributed by atoms with Gasteiger partial charge in [0, 0.05) is 30.6 Å². The Morgan fingerprint density at radius 2 is 1.91 bits per heavy atom. The topological polar surface area (TPSA) is 53.1 Å². The summed E-state index contributed by atoms with van der Waals surface area (Å²) in [4.78, 5) is 11.3. The standard InChI is InChI=1S/C24H31ClFN5S/c1-17-7-3-6-14-31(17)21-15-20(25)28-22(29-21)30-23(32)27-16-24(12-4-2-5-13-24)18-8-10-19(26)11-9-18/h8-11,15,17H,2-7,12-14,16H2,1H3,(H2,27,28,29,30,32)/t17-/m1/s1. The van der Waals surface area contributed by atoms with Gasteiger partial charge < -0.3 is 15.5 Å². The van der Waals surface area contributed by atoms with Crippen molar-refractivity contribution in [2.75, 3.05) is 23.3 Å². The van der Waals surface area contributed by atoms with Crippen LogP contribution in [0.5, 0.6) is 0 Å². The van der Waals surface area contributed by atoms with E-state index in [0.29, 0.717) is 28.8 Å². The van der Waals surface area contributed by atoms with E-state index >= 15 is 0 Å². The van der Waals surface area contributed by atoms with Crippen molar-refractivity contribution < 1.29 is 4.39 Å². The number of aromatic nitrogens is 2. The molecule has 8 heteroatoms. The molecule has 1 saturated carbocycles. The van der Waals surface area contributed by atoms with E-state index in [1.807, 2.05) is 18.2 Å². The van der Waals surface area contributed by atoms with E-state index in [-0.39, 0.29) is 11.2 Å². The average Bonchev–Trinajstić information content (AvgIpc) is 2.79. The van der Waals surface area contributed by atoms with Gasteiger partial charge in [0.15, 0.2) is 5.11 Å². The Morgan fingerprint density at radius 1 is 1.16 bits per heavy atom. The Labute approximate surface area is 200 Å². The molecule has 2 N–H and O–H groups in total. The molecule has 1 saturated heterocycles. The molecule has 4 rings (SSSR count). The lowest BCUT2D eigenvalue weighted by atomic mass is 9.69. The summed E-state index contributed by atoms with van der Waals surface area (Å²) >= 11 is 11.9. The second-order valence-electron chi connectivity index (χ2n) is 9.07. The molecule has 0 amide bonds. The van der Waals surface area contributed by atoms with Gasteiger partial charge in [-0.1, -0.05) is 43.0 Å². The fourth-order valence-electron chi connectivity index (χ4n) is 5.04. The number of thiocarbonyl (C=S) groups is 1. The third kappa shape index (κ3) is 5.49. The van der Waals surface area contributed by atoms with Gasteiger partial charge in [0.2, 0.25) is 5.95 Å². The lowest BCUT2D eigenvalue weighted by Gasteiger charge is -2.38. The highest BCUT2D eigenvalue weighted by Crippen LogP contribution is 2.39. The van der Waals surface area contributed by atoms with Crippen molar-refractivity contribution in [1.29, 1.82) is 0 Å². The van der Waals surface area contributed by atoms with E-state index in [1.165, 1.54) is 12.8 Å². The minimum atomic E-state index is -0.207. The summed E-state index contributed by atoms with van der Waals surface area (Å²) < 4.78 is 13.5. The Balaban J connectivity index is 1.44. The number of piperidine rings is 1. The van der Waals surface area contributed by atoms with Gasteiger partial charge in [-0.3, -0.25) is 0 Å². The van der Waals surface area contributed by atoms with Crippen LogP contribution < -0.4 is 15.5 Å².